The minimum atomic E-state index is -0.243. The normalized spacial score (nSPS) is 15.2. The Hall–Kier alpha value is -1.83. The molecule has 1 saturated heterocycles. The highest BCUT2D eigenvalue weighted by Gasteiger charge is 2.14. The molecule has 0 atom stereocenters. The zero-order chi connectivity index (χ0) is 20.2. The van der Waals surface area contributed by atoms with Crippen LogP contribution >= 0.6 is 11.6 Å². The summed E-state index contributed by atoms with van der Waals surface area (Å²) in [6.07, 6.45) is 2.05. The number of carbonyl (C=O) groups is 2. The second kappa shape index (κ2) is 12.6. The van der Waals surface area contributed by atoms with Crippen LogP contribution < -0.4 is 16.0 Å². The molecule has 0 bridgehead atoms. The maximum absolute atomic E-state index is 12.0. The zero-order valence-corrected chi connectivity index (χ0v) is 17.4. The number of nitrogens with one attached hydrogen (secondary N) is 3. The molecule has 2 rings (SSSR count). The van der Waals surface area contributed by atoms with Gasteiger partial charge in [0.15, 0.2) is 0 Å². The van der Waals surface area contributed by atoms with E-state index in [-0.39, 0.29) is 11.9 Å². The van der Waals surface area contributed by atoms with Gasteiger partial charge in [0.1, 0.15) is 0 Å². The summed E-state index contributed by atoms with van der Waals surface area (Å²) in [6, 6.07) is 6.67. The summed E-state index contributed by atoms with van der Waals surface area (Å²) in [4.78, 5) is 28.7. The van der Waals surface area contributed by atoms with E-state index in [1.54, 1.807) is 24.3 Å². The quantitative estimate of drug-likeness (QED) is 0.515. The van der Waals surface area contributed by atoms with Gasteiger partial charge in [-0.3, -0.25) is 4.79 Å². The van der Waals surface area contributed by atoms with Crippen LogP contribution in [0.4, 0.5) is 4.79 Å². The molecule has 1 aromatic carbocycles. The van der Waals surface area contributed by atoms with Gasteiger partial charge in [0.25, 0.3) is 5.91 Å². The van der Waals surface area contributed by atoms with Crippen LogP contribution in [0.5, 0.6) is 0 Å². The van der Waals surface area contributed by atoms with E-state index in [0.717, 1.165) is 52.1 Å². The van der Waals surface area contributed by atoms with E-state index >= 15 is 0 Å². The van der Waals surface area contributed by atoms with Crippen molar-refractivity contribution in [3.8, 4) is 0 Å². The SMILES string of the molecule is CCN1CCN(CCCCNC(=O)NCCNC(=O)c2ccccc2Cl)CC1. The molecule has 0 saturated carbocycles. The third-order valence-electron chi connectivity index (χ3n) is 4.91. The Kier molecular flexibility index (Phi) is 10.1. The molecule has 0 aliphatic carbocycles. The van der Waals surface area contributed by atoms with Gasteiger partial charge in [0.2, 0.25) is 0 Å². The molecule has 0 radical (unpaired) electrons. The number of urea groups is 1. The lowest BCUT2D eigenvalue weighted by Gasteiger charge is -2.33. The molecule has 1 fully saturated rings. The number of carbonyl (C=O) groups excluding carboxylic acids is 2. The lowest BCUT2D eigenvalue weighted by atomic mass is 10.2. The number of rotatable bonds is 10. The summed E-state index contributed by atoms with van der Waals surface area (Å²) >= 11 is 5.98. The van der Waals surface area contributed by atoms with E-state index in [4.69, 9.17) is 11.6 Å². The first-order valence-electron chi connectivity index (χ1n) is 10.1. The Bertz CT molecular complexity index is 620. The van der Waals surface area contributed by atoms with Gasteiger partial charge in [-0.1, -0.05) is 30.7 Å². The van der Waals surface area contributed by atoms with Crippen molar-refractivity contribution in [3.05, 3.63) is 34.9 Å². The average Bonchev–Trinajstić information content (AvgIpc) is 2.71. The fourth-order valence-corrected chi connectivity index (χ4v) is 3.37. The number of nitrogens with zero attached hydrogens (tertiary/aromatic N) is 2. The maximum atomic E-state index is 12.0. The van der Waals surface area contributed by atoms with Crippen molar-refractivity contribution >= 4 is 23.5 Å². The number of halogens is 1. The number of likely N-dealkylation sites (N-methyl/N-ethyl adjacent to an activating group) is 1. The summed E-state index contributed by atoms with van der Waals surface area (Å²) in [5.41, 5.74) is 0.435. The molecule has 3 amide bonds. The Labute approximate surface area is 172 Å². The van der Waals surface area contributed by atoms with Gasteiger partial charge in [-0.05, 0) is 38.1 Å². The number of hydrogen-bond donors (Lipinski definition) is 3. The van der Waals surface area contributed by atoms with Crippen LogP contribution in [0.1, 0.15) is 30.1 Å². The molecule has 7 nitrogen and oxygen atoms in total. The first-order valence-corrected chi connectivity index (χ1v) is 10.5. The van der Waals surface area contributed by atoms with Crippen molar-refractivity contribution in [1.29, 1.82) is 0 Å². The first-order chi connectivity index (χ1) is 13.6. The third kappa shape index (κ3) is 8.04. The van der Waals surface area contributed by atoms with Gasteiger partial charge >= 0.3 is 6.03 Å². The molecule has 1 heterocycles. The molecule has 3 N–H and O–H groups in total. The average molecular weight is 410 g/mol. The highest BCUT2D eigenvalue weighted by Crippen LogP contribution is 2.14. The standard InChI is InChI=1S/C20H32ClN5O2/c1-2-25-13-15-26(16-14-25)12-6-5-9-23-20(28)24-11-10-22-19(27)17-7-3-4-8-18(17)21/h3-4,7-8H,2,5-6,9-16H2,1H3,(H,22,27)(H2,23,24,28). The van der Waals surface area contributed by atoms with E-state index in [2.05, 4.69) is 32.7 Å². The minimum absolute atomic E-state index is 0.205. The Morgan fingerprint density at radius 1 is 0.929 bits per heavy atom. The Morgan fingerprint density at radius 2 is 1.57 bits per heavy atom. The second-order valence-corrected chi connectivity index (χ2v) is 7.31. The van der Waals surface area contributed by atoms with E-state index < -0.39 is 0 Å². The van der Waals surface area contributed by atoms with E-state index in [1.165, 1.54) is 0 Å². The van der Waals surface area contributed by atoms with Crippen molar-refractivity contribution in [2.24, 2.45) is 0 Å². The first kappa shape index (κ1) is 22.5. The van der Waals surface area contributed by atoms with Gasteiger partial charge < -0.3 is 25.8 Å². The predicted molar refractivity (Wildman–Crippen MR) is 113 cm³/mol. The zero-order valence-electron chi connectivity index (χ0n) is 16.7. The van der Waals surface area contributed by atoms with Gasteiger partial charge in [0.05, 0.1) is 10.6 Å². The van der Waals surface area contributed by atoms with Crippen LogP contribution in [0.15, 0.2) is 24.3 Å². The van der Waals surface area contributed by atoms with Crippen LogP contribution in [-0.4, -0.2) is 80.6 Å². The molecule has 156 valence electrons. The summed E-state index contributed by atoms with van der Waals surface area (Å²) in [7, 11) is 0. The van der Waals surface area contributed by atoms with Crippen molar-refractivity contribution in [3.63, 3.8) is 0 Å². The number of unbranched alkanes of at least 4 members (excludes halogenated alkanes) is 1. The topological polar surface area (TPSA) is 76.7 Å². The molecule has 0 aromatic heterocycles. The Balaban J connectivity index is 1.46. The van der Waals surface area contributed by atoms with Crippen molar-refractivity contribution in [2.75, 3.05) is 58.9 Å². The molecule has 1 aromatic rings. The van der Waals surface area contributed by atoms with Crippen LogP contribution in [0, 0.1) is 0 Å². The van der Waals surface area contributed by atoms with Crippen LogP contribution in [0.3, 0.4) is 0 Å². The van der Waals surface area contributed by atoms with Crippen LogP contribution in [-0.2, 0) is 0 Å². The molecule has 0 unspecified atom stereocenters. The second-order valence-electron chi connectivity index (χ2n) is 6.90. The van der Waals surface area contributed by atoms with Gasteiger partial charge in [0, 0.05) is 45.8 Å². The number of hydrogen-bond acceptors (Lipinski definition) is 4. The van der Waals surface area contributed by atoms with Crippen LogP contribution in [0.25, 0.3) is 0 Å². The van der Waals surface area contributed by atoms with E-state index in [0.29, 0.717) is 30.2 Å². The predicted octanol–water partition coefficient (Wildman–Crippen LogP) is 1.79. The molecule has 1 aliphatic rings. The van der Waals surface area contributed by atoms with Crippen LogP contribution in [0.2, 0.25) is 5.02 Å². The molecule has 0 spiro atoms. The lowest BCUT2D eigenvalue weighted by molar-refractivity contribution is 0.0954. The summed E-state index contributed by atoms with van der Waals surface area (Å²) in [6.45, 7) is 10.4. The molecule has 28 heavy (non-hydrogen) atoms. The highest BCUT2D eigenvalue weighted by molar-refractivity contribution is 6.33. The summed E-state index contributed by atoms with van der Waals surface area (Å²) < 4.78 is 0. The fraction of sp³-hybridized carbons (Fsp3) is 0.600. The Morgan fingerprint density at radius 3 is 2.29 bits per heavy atom. The van der Waals surface area contributed by atoms with Crippen molar-refractivity contribution in [1.82, 2.24) is 25.8 Å². The lowest BCUT2D eigenvalue weighted by Crippen LogP contribution is -2.46. The molecule has 8 heteroatoms. The molecule has 1 aliphatic heterocycles. The van der Waals surface area contributed by atoms with Crippen molar-refractivity contribution in [2.45, 2.75) is 19.8 Å². The summed E-state index contributed by atoms with van der Waals surface area (Å²) in [5, 5.41) is 8.75. The van der Waals surface area contributed by atoms with E-state index in [1.807, 2.05) is 0 Å². The fourth-order valence-electron chi connectivity index (χ4n) is 3.15. The number of amides is 3. The smallest absolute Gasteiger partial charge is 0.314 e. The third-order valence-corrected chi connectivity index (χ3v) is 5.24. The van der Waals surface area contributed by atoms with E-state index in [9.17, 15) is 9.59 Å². The molecular formula is C20H32ClN5O2. The van der Waals surface area contributed by atoms with Gasteiger partial charge in [-0.15, -0.1) is 0 Å². The largest absolute Gasteiger partial charge is 0.350 e. The van der Waals surface area contributed by atoms with Crippen molar-refractivity contribution < 1.29 is 9.59 Å². The van der Waals surface area contributed by atoms with Gasteiger partial charge in [-0.2, -0.15) is 0 Å². The number of piperazine rings is 1. The number of benzene rings is 1. The monoisotopic (exact) mass is 409 g/mol. The van der Waals surface area contributed by atoms with Gasteiger partial charge in [-0.25, -0.2) is 4.79 Å². The maximum Gasteiger partial charge on any atom is 0.314 e. The molecular weight excluding hydrogens is 378 g/mol. The minimum Gasteiger partial charge on any atom is -0.350 e. The summed E-state index contributed by atoms with van der Waals surface area (Å²) in [5.74, 6) is -0.243. The highest BCUT2D eigenvalue weighted by atomic mass is 35.5.